The highest BCUT2D eigenvalue weighted by atomic mass is 16.3. The number of aliphatic hydroxyl groups is 1. The number of hydrogen-bond donors (Lipinski definition) is 1. The molecule has 1 aliphatic rings. The van der Waals surface area contributed by atoms with Crippen molar-refractivity contribution < 1.29 is 9.90 Å². The number of rotatable bonds is 3. The molecule has 108 valence electrons. The zero-order valence-electron chi connectivity index (χ0n) is 11.6. The number of aliphatic hydroxyl groups excluding tert-OH is 1. The third-order valence-corrected chi connectivity index (χ3v) is 3.89. The maximum atomic E-state index is 12.5. The lowest BCUT2D eigenvalue weighted by Crippen LogP contribution is -2.41. The van der Waals surface area contributed by atoms with Crippen molar-refractivity contribution >= 4 is 5.91 Å². The highest BCUT2D eigenvalue weighted by Gasteiger charge is 2.36. The normalized spacial score (nSPS) is 21.5. The van der Waals surface area contributed by atoms with Gasteiger partial charge in [0.15, 0.2) is 0 Å². The van der Waals surface area contributed by atoms with Gasteiger partial charge in [0.2, 0.25) is 0 Å². The molecule has 2 aromatic rings. The van der Waals surface area contributed by atoms with E-state index in [1.807, 2.05) is 30.3 Å². The van der Waals surface area contributed by atoms with Crippen LogP contribution in [-0.2, 0) is 6.42 Å². The molecular weight excluding hydrogens is 266 g/mol. The molecule has 0 spiro atoms. The monoisotopic (exact) mass is 283 g/mol. The van der Waals surface area contributed by atoms with Crippen LogP contribution in [0.15, 0.2) is 48.8 Å². The van der Waals surface area contributed by atoms with E-state index in [9.17, 15) is 9.90 Å². The topological polar surface area (TPSA) is 66.3 Å². The van der Waals surface area contributed by atoms with Crippen molar-refractivity contribution in [2.75, 3.05) is 6.54 Å². The fourth-order valence-corrected chi connectivity index (χ4v) is 2.77. The molecule has 1 aromatic heterocycles. The van der Waals surface area contributed by atoms with Gasteiger partial charge >= 0.3 is 0 Å². The molecule has 0 aliphatic carbocycles. The van der Waals surface area contributed by atoms with E-state index < -0.39 is 6.10 Å². The highest BCUT2D eigenvalue weighted by Crippen LogP contribution is 2.23. The molecule has 0 bridgehead atoms. The van der Waals surface area contributed by atoms with Gasteiger partial charge in [-0.25, -0.2) is 0 Å². The second-order valence-corrected chi connectivity index (χ2v) is 5.24. The summed E-state index contributed by atoms with van der Waals surface area (Å²) in [6, 6.07) is 11.4. The molecule has 0 unspecified atom stereocenters. The Morgan fingerprint density at radius 1 is 1.24 bits per heavy atom. The molecule has 1 fully saturated rings. The van der Waals surface area contributed by atoms with Crippen LogP contribution in [0.4, 0.5) is 0 Å². The van der Waals surface area contributed by atoms with Crippen LogP contribution in [0, 0.1) is 0 Å². The summed E-state index contributed by atoms with van der Waals surface area (Å²) in [5.74, 6) is -0.0950. The summed E-state index contributed by atoms with van der Waals surface area (Å²) in [4.78, 5) is 14.3. The molecule has 5 heteroatoms. The first kappa shape index (κ1) is 13.7. The lowest BCUT2D eigenvalue weighted by molar-refractivity contribution is 0.0639. The van der Waals surface area contributed by atoms with Gasteiger partial charge in [-0.1, -0.05) is 30.3 Å². The first-order valence-corrected chi connectivity index (χ1v) is 7.05. The van der Waals surface area contributed by atoms with Gasteiger partial charge in [0, 0.05) is 6.54 Å². The van der Waals surface area contributed by atoms with E-state index in [0.717, 1.165) is 5.56 Å². The second kappa shape index (κ2) is 6.01. The fourth-order valence-electron chi connectivity index (χ4n) is 2.77. The summed E-state index contributed by atoms with van der Waals surface area (Å²) in [6.45, 7) is 0.569. The first-order chi connectivity index (χ1) is 10.3. The maximum Gasteiger partial charge on any atom is 0.255 e. The molecule has 1 saturated heterocycles. The van der Waals surface area contributed by atoms with Crippen molar-refractivity contribution in [3.05, 3.63) is 59.9 Å². The molecule has 5 nitrogen and oxygen atoms in total. The third kappa shape index (κ3) is 2.92. The van der Waals surface area contributed by atoms with Gasteiger partial charge in [-0.3, -0.25) is 4.79 Å². The van der Waals surface area contributed by atoms with Gasteiger partial charge in [0.05, 0.1) is 30.1 Å². The second-order valence-electron chi connectivity index (χ2n) is 5.24. The van der Waals surface area contributed by atoms with Crippen molar-refractivity contribution in [1.82, 2.24) is 15.1 Å². The Hall–Kier alpha value is -2.27. The van der Waals surface area contributed by atoms with Crippen molar-refractivity contribution in [2.45, 2.75) is 25.0 Å². The number of carbonyl (C=O) groups is 1. The number of hydrogen-bond acceptors (Lipinski definition) is 4. The van der Waals surface area contributed by atoms with Gasteiger partial charge in [-0.05, 0) is 24.5 Å². The third-order valence-electron chi connectivity index (χ3n) is 3.89. The molecule has 1 aliphatic heterocycles. The van der Waals surface area contributed by atoms with E-state index >= 15 is 0 Å². The van der Waals surface area contributed by atoms with E-state index in [-0.39, 0.29) is 11.9 Å². The quantitative estimate of drug-likeness (QED) is 0.922. The van der Waals surface area contributed by atoms with Crippen LogP contribution in [0.2, 0.25) is 0 Å². The molecule has 3 rings (SSSR count). The lowest BCUT2D eigenvalue weighted by atomic mass is 10.0. The molecular formula is C16H17N3O2. The minimum Gasteiger partial charge on any atom is -0.391 e. The summed E-state index contributed by atoms with van der Waals surface area (Å²) in [6.07, 6.45) is 3.76. The van der Waals surface area contributed by atoms with Crippen LogP contribution in [0.5, 0.6) is 0 Å². The Kier molecular flexibility index (Phi) is 3.92. The summed E-state index contributed by atoms with van der Waals surface area (Å²) in [5, 5.41) is 17.6. The standard InChI is InChI=1S/C16H17N3O2/c20-15-7-9-19(16(21)13-6-8-17-18-11-13)14(15)10-12-4-2-1-3-5-12/h1-6,8,11,14-15,20H,7,9-10H2/t14-,15-/m1/s1. The maximum absolute atomic E-state index is 12.5. The van der Waals surface area contributed by atoms with Crippen molar-refractivity contribution in [1.29, 1.82) is 0 Å². The number of aromatic nitrogens is 2. The average molecular weight is 283 g/mol. The van der Waals surface area contributed by atoms with Crippen LogP contribution in [-0.4, -0.2) is 44.8 Å². The minimum atomic E-state index is -0.482. The van der Waals surface area contributed by atoms with E-state index in [4.69, 9.17) is 0 Å². The van der Waals surface area contributed by atoms with Crippen LogP contribution < -0.4 is 0 Å². The van der Waals surface area contributed by atoms with Gasteiger partial charge in [-0.15, -0.1) is 0 Å². The Balaban J connectivity index is 1.79. The summed E-state index contributed by atoms with van der Waals surface area (Å²) < 4.78 is 0. The largest absolute Gasteiger partial charge is 0.391 e. The van der Waals surface area contributed by atoms with Crippen molar-refractivity contribution in [2.24, 2.45) is 0 Å². The lowest BCUT2D eigenvalue weighted by Gasteiger charge is -2.26. The smallest absolute Gasteiger partial charge is 0.255 e. The van der Waals surface area contributed by atoms with Crippen molar-refractivity contribution in [3.8, 4) is 0 Å². The molecule has 1 N–H and O–H groups in total. The zero-order valence-corrected chi connectivity index (χ0v) is 11.6. The Morgan fingerprint density at radius 2 is 2.05 bits per heavy atom. The summed E-state index contributed by atoms with van der Waals surface area (Å²) in [5.41, 5.74) is 1.63. The highest BCUT2D eigenvalue weighted by molar-refractivity contribution is 5.94. The predicted molar refractivity (Wildman–Crippen MR) is 77.6 cm³/mol. The average Bonchev–Trinajstić information content (AvgIpc) is 2.90. The van der Waals surface area contributed by atoms with Gasteiger partial charge in [0.25, 0.3) is 5.91 Å². The summed E-state index contributed by atoms with van der Waals surface area (Å²) >= 11 is 0. The predicted octanol–water partition coefficient (Wildman–Crippen LogP) is 1.29. The zero-order chi connectivity index (χ0) is 14.7. The van der Waals surface area contributed by atoms with E-state index in [1.54, 1.807) is 11.0 Å². The number of amides is 1. The van der Waals surface area contributed by atoms with Crippen LogP contribution >= 0.6 is 0 Å². The number of likely N-dealkylation sites (tertiary alicyclic amines) is 1. The summed E-state index contributed by atoms with van der Waals surface area (Å²) in [7, 11) is 0. The fraction of sp³-hybridized carbons (Fsp3) is 0.312. The molecule has 1 aromatic carbocycles. The van der Waals surface area contributed by atoms with Crippen LogP contribution in [0.3, 0.4) is 0 Å². The van der Waals surface area contributed by atoms with Gasteiger partial charge in [0.1, 0.15) is 0 Å². The van der Waals surface area contributed by atoms with Gasteiger partial charge in [-0.2, -0.15) is 10.2 Å². The first-order valence-electron chi connectivity index (χ1n) is 7.05. The Morgan fingerprint density at radius 3 is 2.76 bits per heavy atom. The van der Waals surface area contributed by atoms with Gasteiger partial charge < -0.3 is 10.0 Å². The van der Waals surface area contributed by atoms with Crippen LogP contribution in [0.1, 0.15) is 22.3 Å². The van der Waals surface area contributed by atoms with E-state index in [0.29, 0.717) is 24.9 Å². The van der Waals surface area contributed by atoms with E-state index in [2.05, 4.69) is 10.2 Å². The number of nitrogens with zero attached hydrogens (tertiary/aromatic N) is 3. The molecule has 2 atom stereocenters. The Labute approximate surface area is 123 Å². The number of benzene rings is 1. The molecule has 0 radical (unpaired) electrons. The molecule has 1 amide bonds. The number of carbonyl (C=O) groups excluding carboxylic acids is 1. The SMILES string of the molecule is O=C(c1ccnnc1)N1CC[C@@H](O)[C@H]1Cc1ccccc1. The molecule has 2 heterocycles. The molecule has 0 saturated carbocycles. The van der Waals surface area contributed by atoms with Crippen LogP contribution in [0.25, 0.3) is 0 Å². The Bertz CT molecular complexity index is 603. The van der Waals surface area contributed by atoms with Crippen molar-refractivity contribution in [3.63, 3.8) is 0 Å². The van der Waals surface area contributed by atoms with E-state index in [1.165, 1.54) is 12.4 Å². The molecule has 21 heavy (non-hydrogen) atoms. The minimum absolute atomic E-state index is 0.0950.